The van der Waals surface area contributed by atoms with Crippen LogP contribution in [0.4, 0.5) is 0 Å². The molecule has 1 aromatic carbocycles. The molecule has 24 heavy (non-hydrogen) atoms. The third-order valence-corrected chi connectivity index (χ3v) is 5.16. The Labute approximate surface area is 147 Å². The fourth-order valence-electron chi connectivity index (χ4n) is 3.16. The second-order valence-corrected chi connectivity index (χ2v) is 6.95. The van der Waals surface area contributed by atoms with Crippen LogP contribution in [0.2, 0.25) is 0 Å². The molecule has 132 valence electrons. The van der Waals surface area contributed by atoms with Crippen LogP contribution in [-0.4, -0.2) is 48.8 Å². The van der Waals surface area contributed by atoms with Gasteiger partial charge in [0.1, 0.15) is 11.3 Å². The number of likely N-dealkylation sites (tertiary alicyclic amines) is 1. The third kappa shape index (κ3) is 4.23. The predicted molar refractivity (Wildman–Crippen MR) is 94.7 cm³/mol. The van der Waals surface area contributed by atoms with E-state index in [2.05, 4.69) is 0 Å². The lowest BCUT2D eigenvalue weighted by Gasteiger charge is -2.38. The zero-order valence-electron chi connectivity index (χ0n) is 14.7. The molecule has 0 spiro atoms. The molecule has 0 unspecified atom stereocenters. The molecule has 1 aliphatic heterocycles. The van der Waals surface area contributed by atoms with Crippen LogP contribution in [0.15, 0.2) is 23.1 Å². The summed E-state index contributed by atoms with van der Waals surface area (Å²) in [6.07, 6.45) is 5.07. The van der Waals surface area contributed by atoms with Gasteiger partial charge in [0, 0.05) is 17.0 Å². The summed E-state index contributed by atoms with van der Waals surface area (Å²) in [7, 11) is 1.51. The van der Waals surface area contributed by atoms with E-state index >= 15 is 0 Å². The van der Waals surface area contributed by atoms with Gasteiger partial charge in [-0.3, -0.25) is 4.79 Å². The molecule has 2 atom stereocenters. The molecule has 0 bridgehead atoms. The summed E-state index contributed by atoms with van der Waals surface area (Å²) in [4.78, 5) is 27.6. The normalized spacial score (nSPS) is 20.6. The third-order valence-electron chi connectivity index (χ3n) is 4.44. The lowest BCUT2D eigenvalue weighted by molar-refractivity contribution is -0.140. The smallest absolute Gasteiger partial charge is 0.342 e. The number of hydrogen-bond acceptors (Lipinski definition) is 5. The average Bonchev–Trinajstić information content (AvgIpc) is 2.58. The second-order valence-electron chi connectivity index (χ2n) is 6.07. The lowest BCUT2D eigenvalue weighted by atomic mass is 9.97. The number of esters is 1. The van der Waals surface area contributed by atoms with Crippen molar-refractivity contribution in [2.45, 2.75) is 50.1 Å². The van der Waals surface area contributed by atoms with Crippen LogP contribution in [0.1, 0.15) is 43.5 Å². The molecular weight excluding hydrogens is 326 g/mol. The van der Waals surface area contributed by atoms with Crippen molar-refractivity contribution in [1.82, 2.24) is 4.90 Å². The van der Waals surface area contributed by atoms with E-state index in [0.29, 0.717) is 11.3 Å². The molecule has 0 saturated carbocycles. The van der Waals surface area contributed by atoms with Gasteiger partial charge in [-0.1, -0.05) is 0 Å². The molecule has 1 aromatic rings. The Kier molecular flexibility index (Phi) is 6.54. The SMILES string of the molecule is COc1cc(SC)ccc1C(=O)OCC(=O)N1[C@@H](C)CCC[C@@H]1C. The molecule has 1 aliphatic rings. The van der Waals surface area contributed by atoms with Gasteiger partial charge in [0.25, 0.3) is 5.91 Å². The minimum Gasteiger partial charge on any atom is -0.496 e. The van der Waals surface area contributed by atoms with Crippen LogP contribution in [0.25, 0.3) is 0 Å². The van der Waals surface area contributed by atoms with Gasteiger partial charge in [-0.15, -0.1) is 11.8 Å². The van der Waals surface area contributed by atoms with Gasteiger partial charge in [-0.25, -0.2) is 4.79 Å². The number of carbonyl (C=O) groups excluding carboxylic acids is 2. The highest BCUT2D eigenvalue weighted by molar-refractivity contribution is 7.98. The summed E-state index contributed by atoms with van der Waals surface area (Å²) in [5, 5.41) is 0. The Morgan fingerprint density at radius 3 is 2.50 bits per heavy atom. The van der Waals surface area contributed by atoms with Crippen molar-refractivity contribution in [3.8, 4) is 5.75 Å². The number of hydrogen-bond donors (Lipinski definition) is 0. The van der Waals surface area contributed by atoms with Crippen LogP contribution in [0.3, 0.4) is 0 Å². The van der Waals surface area contributed by atoms with Crippen molar-refractivity contribution < 1.29 is 19.1 Å². The van der Waals surface area contributed by atoms with E-state index < -0.39 is 5.97 Å². The van der Waals surface area contributed by atoms with Crippen LogP contribution in [0, 0.1) is 0 Å². The van der Waals surface area contributed by atoms with Gasteiger partial charge in [0.15, 0.2) is 6.61 Å². The van der Waals surface area contributed by atoms with Gasteiger partial charge in [-0.2, -0.15) is 0 Å². The summed E-state index contributed by atoms with van der Waals surface area (Å²) < 4.78 is 10.5. The van der Waals surface area contributed by atoms with Crippen molar-refractivity contribution in [3.05, 3.63) is 23.8 Å². The first-order chi connectivity index (χ1) is 11.5. The molecule has 1 heterocycles. The van der Waals surface area contributed by atoms with E-state index in [1.165, 1.54) is 7.11 Å². The van der Waals surface area contributed by atoms with E-state index in [1.54, 1.807) is 23.9 Å². The van der Waals surface area contributed by atoms with E-state index in [-0.39, 0.29) is 24.6 Å². The van der Waals surface area contributed by atoms with Crippen LogP contribution in [-0.2, 0) is 9.53 Å². The van der Waals surface area contributed by atoms with E-state index in [0.717, 1.165) is 24.2 Å². The average molecular weight is 351 g/mol. The molecule has 6 heteroatoms. The largest absolute Gasteiger partial charge is 0.496 e. The molecule has 5 nitrogen and oxygen atoms in total. The van der Waals surface area contributed by atoms with Crippen molar-refractivity contribution in [1.29, 1.82) is 0 Å². The lowest BCUT2D eigenvalue weighted by Crippen LogP contribution is -2.49. The number of amides is 1. The second kappa shape index (κ2) is 8.42. The molecule has 2 rings (SSSR count). The maximum atomic E-state index is 12.4. The van der Waals surface area contributed by atoms with Gasteiger partial charge in [0.2, 0.25) is 0 Å². The predicted octanol–water partition coefficient (Wildman–Crippen LogP) is 3.36. The number of piperidine rings is 1. The minimum atomic E-state index is -0.537. The van der Waals surface area contributed by atoms with Gasteiger partial charge < -0.3 is 14.4 Å². The standard InChI is InChI=1S/C18H25NO4S/c1-12-6-5-7-13(2)19(12)17(20)11-23-18(21)15-9-8-14(24-4)10-16(15)22-3/h8-10,12-13H,5-7,11H2,1-4H3/t12-,13-/m0/s1. The van der Waals surface area contributed by atoms with E-state index in [1.807, 2.05) is 31.1 Å². The quantitative estimate of drug-likeness (QED) is 0.601. The molecule has 0 N–H and O–H groups in total. The maximum absolute atomic E-state index is 12.4. The Morgan fingerprint density at radius 1 is 1.25 bits per heavy atom. The highest BCUT2D eigenvalue weighted by Crippen LogP contribution is 2.26. The van der Waals surface area contributed by atoms with Gasteiger partial charge in [0.05, 0.1) is 7.11 Å². The van der Waals surface area contributed by atoms with E-state index in [4.69, 9.17) is 9.47 Å². The van der Waals surface area contributed by atoms with Gasteiger partial charge in [-0.05, 0) is 57.6 Å². The van der Waals surface area contributed by atoms with Crippen molar-refractivity contribution in [2.75, 3.05) is 20.0 Å². The molecule has 0 radical (unpaired) electrons. The molecular formula is C18H25NO4S. The summed E-state index contributed by atoms with van der Waals surface area (Å²) in [6, 6.07) is 5.67. The highest BCUT2D eigenvalue weighted by atomic mass is 32.2. The topological polar surface area (TPSA) is 55.8 Å². The monoisotopic (exact) mass is 351 g/mol. The number of nitrogens with zero attached hydrogens (tertiary/aromatic N) is 1. The van der Waals surface area contributed by atoms with Gasteiger partial charge >= 0.3 is 5.97 Å². The number of thioether (sulfide) groups is 1. The Hall–Kier alpha value is -1.69. The summed E-state index contributed by atoms with van der Waals surface area (Å²) in [5.74, 6) is -0.216. The first-order valence-corrected chi connectivity index (χ1v) is 9.40. The first-order valence-electron chi connectivity index (χ1n) is 8.18. The number of benzene rings is 1. The summed E-state index contributed by atoms with van der Waals surface area (Å²) in [5.41, 5.74) is 0.336. The Morgan fingerprint density at radius 2 is 1.92 bits per heavy atom. The molecule has 0 aliphatic carbocycles. The fourth-order valence-corrected chi connectivity index (χ4v) is 3.59. The van der Waals surface area contributed by atoms with Crippen molar-refractivity contribution in [3.63, 3.8) is 0 Å². The summed E-state index contributed by atoms with van der Waals surface area (Å²) >= 11 is 1.56. The molecule has 1 amide bonds. The summed E-state index contributed by atoms with van der Waals surface area (Å²) in [6.45, 7) is 3.85. The number of methoxy groups -OCH3 is 1. The first kappa shape index (κ1) is 18.6. The van der Waals surface area contributed by atoms with Crippen LogP contribution < -0.4 is 4.74 Å². The Balaban J connectivity index is 2.01. The van der Waals surface area contributed by atoms with Crippen molar-refractivity contribution in [2.24, 2.45) is 0 Å². The molecule has 1 saturated heterocycles. The van der Waals surface area contributed by atoms with E-state index in [9.17, 15) is 9.59 Å². The van der Waals surface area contributed by atoms with Crippen LogP contribution >= 0.6 is 11.8 Å². The zero-order chi connectivity index (χ0) is 17.7. The maximum Gasteiger partial charge on any atom is 0.342 e. The molecule has 0 aromatic heterocycles. The highest BCUT2D eigenvalue weighted by Gasteiger charge is 2.29. The number of carbonyl (C=O) groups is 2. The zero-order valence-corrected chi connectivity index (χ0v) is 15.5. The molecule has 1 fully saturated rings. The number of ether oxygens (including phenoxy) is 2. The Bertz CT molecular complexity index is 595. The van der Waals surface area contributed by atoms with Crippen LogP contribution in [0.5, 0.6) is 5.75 Å². The number of rotatable bonds is 5. The van der Waals surface area contributed by atoms with Crippen molar-refractivity contribution >= 4 is 23.6 Å². The minimum absolute atomic E-state index is 0.136. The fraction of sp³-hybridized carbons (Fsp3) is 0.556.